The van der Waals surface area contributed by atoms with Gasteiger partial charge in [-0.3, -0.25) is 9.97 Å². The van der Waals surface area contributed by atoms with Gasteiger partial charge in [-0.1, -0.05) is 0 Å². The number of rotatable bonds is 3. The fourth-order valence-corrected chi connectivity index (χ4v) is 2.31. The summed E-state index contributed by atoms with van der Waals surface area (Å²) in [6.45, 7) is 6.17. The average Bonchev–Trinajstić information content (AvgIpc) is 2.31. The van der Waals surface area contributed by atoms with E-state index >= 15 is 0 Å². The molecule has 2 aromatic rings. The maximum Gasteiger partial charge on any atom is 0.0593 e. The number of aromatic nitrogens is 2. The van der Waals surface area contributed by atoms with Gasteiger partial charge in [-0.15, -0.1) is 0 Å². The highest BCUT2D eigenvalue weighted by Crippen LogP contribution is 2.24. The first kappa shape index (κ1) is 12.7. The molecule has 3 nitrogen and oxygen atoms in total. The molecule has 1 atom stereocenters. The molecule has 0 radical (unpaired) electrons. The molecular weight excluding hydrogens is 222 g/mol. The van der Waals surface area contributed by atoms with Gasteiger partial charge in [0.1, 0.15) is 0 Å². The number of hydrogen-bond donors (Lipinski definition) is 1. The van der Waals surface area contributed by atoms with Crippen LogP contribution in [0.1, 0.15) is 34.1 Å². The van der Waals surface area contributed by atoms with Crippen LogP contribution in [0.15, 0.2) is 30.6 Å². The molecule has 0 aliphatic heterocycles. The van der Waals surface area contributed by atoms with E-state index in [1.54, 1.807) is 0 Å². The molecule has 0 amide bonds. The Morgan fingerprint density at radius 3 is 2.33 bits per heavy atom. The molecule has 1 unspecified atom stereocenters. The number of hydrogen-bond acceptors (Lipinski definition) is 3. The molecule has 0 aromatic carbocycles. The third-order valence-corrected chi connectivity index (χ3v) is 3.12. The Balaban J connectivity index is 2.48. The van der Waals surface area contributed by atoms with Crippen molar-refractivity contribution in [3.8, 4) is 0 Å². The minimum atomic E-state index is 0.166. The Morgan fingerprint density at radius 1 is 1.11 bits per heavy atom. The van der Waals surface area contributed by atoms with Crippen LogP contribution in [-0.2, 0) is 0 Å². The Hall–Kier alpha value is -1.74. The smallest absolute Gasteiger partial charge is 0.0593 e. The van der Waals surface area contributed by atoms with Gasteiger partial charge in [-0.05, 0) is 62.7 Å². The van der Waals surface area contributed by atoms with Gasteiger partial charge in [0.15, 0.2) is 0 Å². The molecule has 94 valence electrons. The SMILES string of the molecule is CNC(c1cc(C)nc(C)c1)c1cnccc1C. The first-order valence-electron chi connectivity index (χ1n) is 6.15. The molecule has 0 saturated carbocycles. The summed E-state index contributed by atoms with van der Waals surface area (Å²) in [4.78, 5) is 8.65. The standard InChI is InChI=1S/C15H19N3/c1-10-5-6-17-9-14(10)15(16-4)13-7-11(2)18-12(3)8-13/h5-9,15-16H,1-4H3. The molecule has 0 aliphatic rings. The minimum Gasteiger partial charge on any atom is -0.309 e. The number of pyridine rings is 2. The van der Waals surface area contributed by atoms with E-state index in [0.29, 0.717) is 0 Å². The summed E-state index contributed by atoms with van der Waals surface area (Å²) in [5.74, 6) is 0. The first-order chi connectivity index (χ1) is 8.61. The maximum absolute atomic E-state index is 4.42. The molecule has 1 N–H and O–H groups in total. The Morgan fingerprint density at radius 2 is 1.78 bits per heavy atom. The zero-order chi connectivity index (χ0) is 13.1. The lowest BCUT2D eigenvalue weighted by Gasteiger charge is -2.19. The van der Waals surface area contributed by atoms with Crippen molar-refractivity contribution >= 4 is 0 Å². The van der Waals surface area contributed by atoms with Crippen molar-refractivity contribution in [2.75, 3.05) is 7.05 Å². The summed E-state index contributed by atoms with van der Waals surface area (Å²) < 4.78 is 0. The van der Waals surface area contributed by atoms with Crippen LogP contribution >= 0.6 is 0 Å². The second kappa shape index (κ2) is 5.27. The zero-order valence-electron chi connectivity index (χ0n) is 11.4. The van der Waals surface area contributed by atoms with Crippen LogP contribution in [-0.4, -0.2) is 17.0 Å². The van der Waals surface area contributed by atoms with Crippen LogP contribution in [0.3, 0.4) is 0 Å². The third kappa shape index (κ3) is 2.57. The Labute approximate surface area is 108 Å². The van der Waals surface area contributed by atoms with E-state index in [2.05, 4.69) is 34.3 Å². The first-order valence-corrected chi connectivity index (χ1v) is 6.15. The van der Waals surface area contributed by atoms with E-state index in [9.17, 15) is 0 Å². The predicted octanol–water partition coefficient (Wildman–Crippen LogP) is 2.71. The quantitative estimate of drug-likeness (QED) is 0.897. The summed E-state index contributed by atoms with van der Waals surface area (Å²) in [7, 11) is 1.97. The molecule has 2 aromatic heterocycles. The van der Waals surface area contributed by atoms with Gasteiger partial charge in [0, 0.05) is 23.8 Å². The lowest BCUT2D eigenvalue weighted by molar-refractivity contribution is 0.681. The molecule has 0 bridgehead atoms. The van der Waals surface area contributed by atoms with E-state index in [-0.39, 0.29) is 6.04 Å². The van der Waals surface area contributed by atoms with Crippen molar-refractivity contribution in [3.05, 3.63) is 58.7 Å². The van der Waals surface area contributed by atoms with Gasteiger partial charge in [-0.25, -0.2) is 0 Å². The molecule has 2 heterocycles. The Kier molecular flexibility index (Phi) is 3.72. The van der Waals surface area contributed by atoms with Crippen molar-refractivity contribution in [2.24, 2.45) is 0 Å². The van der Waals surface area contributed by atoms with Crippen LogP contribution < -0.4 is 5.32 Å². The molecule has 0 saturated heterocycles. The van der Waals surface area contributed by atoms with Crippen molar-refractivity contribution in [1.82, 2.24) is 15.3 Å². The van der Waals surface area contributed by atoms with Crippen molar-refractivity contribution in [2.45, 2.75) is 26.8 Å². The van der Waals surface area contributed by atoms with Gasteiger partial charge < -0.3 is 5.32 Å². The predicted molar refractivity (Wildman–Crippen MR) is 73.6 cm³/mol. The fraction of sp³-hybridized carbons (Fsp3) is 0.333. The highest BCUT2D eigenvalue weighted by molar-refractivity contribution is 5.36. The van der Waals surface area contributed by atoms with Crippen molar-refractivity contribution in [3.63, 3.8) is 0 Å². The summed E-state index contributed by atoms with van der Waals surface area (Å²) in [5.41, 5.74) is 5.79. The van der Waals surface area contributed by atoms with Gasteiger partial charge >= 0.3 is 0 Å². The normalized spacial score (nSPS) is 12.4. The third-order valence-electron chi connectivity index (χ3n) is 3.12. The highest BCUT2D eigenvalue weighted by Gasteiger charge is 2.15. The minimum absolute atomic E-state index is 0.166. The van der Waals surface area contributed by atoms with E-state index in [1.165, 1.54) is 16.7 Å². The molecule has 18 heavy (non-hydrogen) atoms. The molecule has 2 rings (SSSR count). The van der Waals surface area contributed by atoms with Crippen LogP contribution in [0.25, 0.3) is 0 Å². The lowest BCUT2D eigenvalue weighted by atomic mass is 9.96. The largest absolute Gasteiger partial charge is 0.309 e. The van der Waals surface area contributed by atoms with Crippen LogP contribution in [0.4, 0.5) is 0 Å². The van der Waals surface area contributed by atoms with Gasteiger partial charge in [0.2, 0.25) is 0 Å². The maximum atomic E-state index is 4.42. The zero-order valence-corrected chi connectivity index (χ0v) is 11.4. The molecule has 3 heteroatoms. The molecular formula is C15H19N3. The molecule has 0 fully saturated rings. The van der Waals surface area contributed by atoms with Crippen molar-refractivity contribution < 1.29 is 0 Å². The van der Waals surface area contributed by atoms with Crippen LogP contribution in [0, 0.1) is 20.8 Å². The van der Waals surface area contributed by atoms with Crippen molar-refractivity contribution in [1.29, 1.82) is 0 Å². The fourth-order valence-electron chi connectivity index (χ4n) is 2.31. The van der Waals surface area contributed by atoms with E-state index < -0.39 is 0 Å². The molecule has 0 aliphatic carbocycles. The number of nitrogens with one attached hydrogen (secondary N) is 1. The number of aryl methyl sites for hydroxylation is 3. The summed E-state index contributed by atoms with van der Waals surface area (Å²) in [6, 6.07) is 6.46. The topological polar surface area (TPSA) is 37.8 Å². The Bertz CT molecular complexity index is 529. The highest BCUT2D eigenvalue weighted by atomic mass is 14.9. The van der Waals surface area contributed by atoms with E-state index in [4.69, 9.17) is 0 Å². The lowest BCUT2D eigenvalue weighted by Crippen LogP contribution is -2.19. The van der Waals surface area contributed by atoms with Crippen LogP contribution in [0.5, 0.6) is 0 Å². The summed E-state index contributed by atoms with van der Waals surface area (Å²) in [6.07, 6.45) is 3.76. The second-order valence-electron chi connectivity index (χ2n) is 4.64. The monoisotopic (exact) mass is 241 g/mol. The van der Waals surface area contributed by atoms with Crippen LogP contribution in [0.2, 0.25) is 0 Å². The summed E-state index contributed by atoms with van der Waals surface area (Å²) in [5, 5.41) is 3.36. The second-order valence-corrected chi connectivity index (χ2v) is 4.64. The van der Waals surface area contributed by atoms with E-state index in [1.807, 2.05) is 39.4 Å². The molecule has 0 spiro atoms. The average molecular weight is 241 g/mol. The van der Waals surface area contributed by atoms with Gasteiger partial charge in [-0.2, -0.15) is 0 Å². The van der Waals surface area contributed by atoms with E-state index in [0.717, 1.165) is 11.4 Å². The number of nitrogens with zero attached hydrogens (tertiary/aromatic N) is 2. The van der Waals surface area contributed by atoms with Gasteiger partial charge in [0.25, 0.3) is 0 Å². The summed E-state index contributed by atoms with van der Waals surface area (Å²) >= 11 is 0. The van der Waals surface area contributed by atoms with Gasteiger partial charge in [0.05, 0.1) is 6.04 Å².